The maximum Gasteiger partial charge on any atom is 0.250 e. The van der Waals surface area contributed by atoms with E-state index in [0.717, 1.165) is 12.8 Å². The molecule has 0 spiro atoms. The molecular weight excluding hydrogens is 480 g/mol. The molecule has 5 rings (SSSR count). The number of aromatic nitrogens is 4. The van der Waals surface area contributed by atoms with Crippen molar-refractivity contribution in [3.05, 3.63) is 65.7 Å². The zero-order valence-electron chi connectivity index (χ0n) is 20.6. The molecule has 0 saturated carbocycles. The molecule has 1 N–H and O–H groups in total. The summed E-state index contributed by atoms with van der Waals surface area (Å²) < 4.78 is 22.5. The van der Waals surface area contributed by atoms with Crippen LogP contribution in [0.2, 0.25) is 0 Å². The van der Waals surface area contributed by atoms with Gasteiger partial charge in [0.25, 0.3) is 5.91 Å². The van der Waals surface area contributed by atoms with Gasteiger partial charge in [0.1, 0.15) is 29.6 Å². The SMILES string of the molecule is Cc1ccc(-c2nnn(CC(=O)N(Cc3ccco3)[C@@H](C(=O)NC[C@H]3CCCO3)c3ccc(C)o3)n2)o1. The number of nitrogens with zero attached hydrogens (tertiary/aromatic N) is 5. The van der Waals surface area contributed by atoms with Crippen molar-refractivity contribution < 1.29 is 27.6 Å². The van der Waals surface area contributed by atoms with Gasteiger partial charge in [0.2, 0.25) is 11.7 Å². The summed E-state index contributed by atoms with van der Waals surface area (Å²) in [6.07, 6.45) is 3.28. The smallest absolute Gasteiger partial charge is 0.250 e. The number of furan rings is 3. The van der Waals surface area contributed by atoms with Crippen molar-refractivity contribution in [3.63, 3.8) is 0 Å². The molecule has 0 bridgehead atoms. The molecule has 0 aliphatic carbocycles. The van der Waals surface area contributed by atoms with Crippen LogP contribution in [-0.2, 0) is 27.4 Å². The first kappa shape index (κ1) is 24.5. The highest BCUT2D eigenvalue weighted by molar-refractivity contribution is 5.88. The Morgan fingerprint density at radius 2 is 2.00 bits per heavy atom. The Balaban J connectivity index is 1.40. The highest BCUT2D eigenvalue weighted by Gasteiger charge is 2.35. The molecule has 0 radical (unpaired) electrons. The van der Waals surface area contributed by atoms with Gasteiger partial charge in [0.05, 0.1) is 18.9 Å². The summed E-state index contributed by atoms with van der Waals surface area (Å²) in [5.41, 5.74) is 0. The molecule has 12 heteroatoms. The lowest BCUT2D eigenvalue weighted by atomic mass is 10.1. The molecule has 2 amide bonds. The van der Waals surface area contributed by atoms with Gasteiger partial charge in [-0.2, -0.15) is 4.80 Å². The minimum Gasteiger partial charge on any atom is -0.467 e. The third kappa shape index (κ3) is 5.80. The highest BCUT2D eigenvalue weighted by Crippen LogP contribution is 2.27. The first-order valence-corrected chi connectivity index (χ1v) is 12.1. The van der Waals surface area contributed by atoms with Gasteiger partial charge in [0, 0.05) is 13.2 Å². The van der Waals surface area contributed by atoms with Crippen molar-refractivity contribution in [2.75, 3.05) is 13.2 Å². The minimum atomic E-state index is -1.05. The van der Waals surface area contributed by atoms with Crippen LogP contribution in [-0.4, -0.2) is 56.2 Å². The van der Waals surface area contributed by atoms with Crippen LogP contribution in [0.4, 0.5) is 0 Å². The highest BCUT2D eigenvalue weighted by atomic mass is 16.5. The Hall–Kier alpha value is -4.19. The van der Waals surface area contributed by atoms with Crippen molar-refractivity contribution in [3.8, 4) is 11.6 Å². The molecule has 1 aliphatic heterocycles. The van der Waals surface area contributed by atoms with E-state index < -0.39 is 11.9 Å². The third-order valence-electron chi connectivity index (χ3n) is 6.04. The van der Waals surface area contributed by atoms with Crippen molar-refractivity contribution in [2.24, 2.45) is 0 Å². The molecule has 4 aromatic rings. The maximum absolute atomic E-state index is 13.7. The molecule has 2 atom stereocenters. The second-order valence-corrected chi connectivity index (χ2v) is 8.89. The van der Waals surface area contributed by atoms with Gasteiger partial charge < -0.3 is 28.2 Å². The fourth-order valence-corrected chi connectivity index (χ4v) is 4.21. The summed E-state index contributed by atoms with van der Waals surface area (Å²) in [6.45, 7) is 4.37. The van der Waals surface area contributed by atoms with Crippen LogP contribution in [0.3, 0.4) is 0 Å². The second-order valence-electron chi connectivity index (χ2n) is 8.89. The van der Waals surface area contributed by atoms with Crippen molar-refractivity contribution >= 4 is 11.8 Å². The maximum atomic E-state index is 13.7. The van der Waals surface area contributed by atoms with E-state index in [4.69, 9.17) is 18.0 Å². The Kier molecular flexibility index (Phi) is 7.17. The van der Waals surface area contributed by atoms with E-state index in [1.165, 1.54) is 16.0 Å². The summed E-state index contributed by atoms with van der Waals surface area (Å²) in [5, 5.41) is 15.2. The third-order valence-corrected chi connectivity index (χ3v) is 6.04. The number of ether oxygens (including phenoxy) is 1. The number of rotatable bonds is 10. The Morgan fingerprint density at radius 3 is 2.68 bits per heavy atom. The number of amides is 2. The van der Waals surface area contributed by atoms with Gasteiger partial charge in [-0.25, -0.2) is 0 Å². The monoisotopic (exact) mass is 508 g/mol. The summed E-state index contributed by atoms with van der Waals surface area (Å²) in [5.74, 6) is 2.05. The molecule has 0 unspecified atom stereocenters. The van der Waals surface area contributed by atoms with E-state index in [1.807, 2.05) is 6.92 Å². The van der Waals surface area contributed by atoms with Gasteiger partial charge in [-0.15, -0.1) is 10.2 Å². The predicted molar refractivity (Wildman–Crippen MR) is 128 cm³/mol. The summed E-state index contributed by atoms with van der Waals surface area (Å²) >= 11 is 0. The normalized spacial score (nSPS) is 16.1. The van der Waals surface area contributed by atoms with Crippen molar-refractivity contribution in [1.29, 1.82) is 0 Å². The number of tetrazole rings is 1. The Labute approximate surface area is 212 Å². The van der Waals surface area contributed by atoms with Gasteiger partial charge in [-0.1, -0.05) is 0 Å². The van der Waals surface area contributed by atoms with E-state index in [0.29, 0.717) is 42.0 Å². The first-order chi connectivity index (χ1) is 18.0. The number of aryl methyl sites for hydroxylation is 2. The summed E-state index contributed by atoms with van der Waals surface area (Å²) in [6, 6.07) is 9.37. The predicted octanol–water partition coefficient (Wildman–Crippen LogP) is 2.80. The number of carbonyl (C=O) groups is 2. The van der Waals surface area contributed by atoms with E-state index in [1.54, 1.807) is 43.3 Å². The lowest BCUT2D eigenvalue weighted by Crippen LogP contribution is -2.46. The molecule has 1 saturated heterocycles. The van der Waals surface area contributed by atoms with Gasteiger partial charge >= 0.3 is 0 Å². The van der Waals surface area contributed by atoms with E-state index >= 15 is 0 Å². The second kappa shape index (κ2) is 10.8. The fourth-order valence-electron chi connectivity index (χ4n) is 4.21. The molecule has 37 heavy (non-hydrogen) atoms. The van der Waals surface area contributed by atoms with E-state index in [2.05, 4.69) is 20.7 Å². The number of hydrogen-bond donors (Lipinski definition) is 1. The molecular formula is C25H28N6O6. The first-order valence-electron chi connectivity index (χ1n) is 12.1. The van der Waals surface area contributed by atoms with Crippen LogP contribution in [0.1, 0.15) is 41.9 Å². The summed E-state index contributed by atoms with van der Waals surface area (Å²) in [7, 11) is 0. The van der Waals surface area contributed by atoms with E-state index in [-0.39, 0.29) is 30.9 Å². The van der Waals surface area contributed by atoms with Crippen LogP contribution in [0.5, 0.6) is 0 Å². The molecule has 1 aliphatic rings. The molecule has 1 fully saturated rings. The van der Waals surface area contributed by atoms with Crippen molar-refractivity contribution in [1.82, 2.24) is 30.4 Å². The lowest BCUT2D eigenvalue weighted by Gasteiger charge is -2.29. The number of carbonyl (C=O) groups excluding carboxylic acids is 2. The van der Waals surface area contributed by atoms with Crippen molar-refractivity contribution in [2.45, 2.75) is 51.9 Å². The topological polar surface area (TPSA) is 142 Å². The van der Waals surface area contributed by atoms with Gasteiger partial charge in [-0.3, -0.25) is 9.59 Å². The van der Waals surface area contributed by atoms with Crippen LogP contribution in [0.15, 0.2) is 55.9 Å². The van der Waals surface area contributed by atoms with Gasteiger partial charge in [-0.05, 0) is 68.3 Å². The molecule has 0 aromatic carbocycles. The number of nitrogens with one attached hydrogen (secondary N) is 1. The minimum absolute atomic E-state index is 0.0303. The molecule has 5 heterocycles. The zero-order valence-corrected chi connectivity index (χ0v) is 20.6. The average molecular weight is 509 g/mol. The molecule has 12 nitrogen and oxygen atoms in total. The largest absolute Gasteiger partial charge is 0.467 e. The van der Waals surface area contributed by atoms with Crippen LogP contribution in [0, 0.1) is 13.8 Å². The lowest BCUT2D eigenvalue weighted by molar-refractivity contribution is -0.143. The Bertz CT molecular complexity index is 1330. The van der Waals surface area contributed by atoms with Crippen LogP contribution >= 0.6 is 0 Å². The van der Waals surface area contributed by atoms with Crippen LogP contribution in [0.25, 0.3) is 11.6 Å². The Morgan fingerprint density at radius 1 is 1.16 bits per heavy atom. The quantitative estimate of drug-likeness (QED) is 0.342. The zero-order chi connectivity index (χ0) is 25.8. The van der Waals surface area contributed by atoms with E-state index in [9.17, 15) is 9.59 Å². The summed E-state index contributed by atoms with van der Waals surface area (Å²) in [4.78, 5) is 29.7. The van der Waals surface area contributed by atoms with Crippen LogP contribution < -0.4 is 5.32 Å². The standard InChI is InChI=1S/C25H28N6O6/c1-16-7-9-20(36-16)23(25(33)26-13-18-5-3-11-34-18)30(14-19-6-4-12-35-19)22(32)15-31-28-24(27-29-31)21-10-8-17(2)37-21/h4,6-10,12,18,23H,3,5,11,13-15H2,1-2H3,(H,26,33)/t18-,23-/m1/s1. The number of hydrogen-bond acceptors (Lipinski definition) is 9. The van der Waals surface area contributed by atoms with Gasteiger partial charge in [0.15, 0.2) is 11.8 Å². The average Bonchev–Trinajstić information content (AvgIpc) is 3.69. The molecule has 194 valence electrons. The molecule has 4 aromatic heterocycles. The fraction of sp³-hybridized carbons (Fsp3) is 0.400.